The highest BCUT2D eigenvalue weighted by Gasteiger charge is 2.60. The van der Waals surface area contributed by atoms with E-state index < -0.39 is 42.9 Å². The number of hydrogen-bond donors (Lipinski definition) is 0. The molecule has 0 aromatic heterocycles. The Morgan fingerprint density at radius 2 is 1.60 bits per heavy atom. The molecule has 2 atom stereocenters. The summed E-state index contributed by atoms with van der Waals surface area (Å²) >= 11 is 0. The first-order chi connectivity index (χ1) is 11.2. The quantitative estimate of drug-likeness (QED) is 0.373. The highest BCUT2D eigenvalue weighted by molar-refractivity contribution is 8.04. The van der Waals surface area contributed by atoms with E-state index in [-0.39, 0.29) is 5.92 Å². The van der Waals surface area contributed by atoms with Crippen LogP contribution in [0.25, 0.3) is 0 Å². The zero-order valence-corrected chi connectivity index (χ0v) is 14.7. The van der Waals surface area contributed by atoms with Gasteiger partial charge in [0.25, 0.3) is 4.58 Å². The van der Waals surface area contributed by atoms with Crippen LogP contribution in [0.5, 0.6) is 5.75 Å². The van der Waals surface area contributed by atoms with Crippen molar-refractivity contribution in [3.05, 3.63) is 29.8 Å². The first-order valence-corrected chi connectivity index (χ1v) is 9.81. The van der Waals surface area contributed by atoms with E-state index in [1.54, 1.807) is 0 Å². The van der Waals surface area contributed by atoms with Crippen molar-refractivity contribution in [3.63, 3.8) is 0 Å². The summed E-state index contributed by atoms with van der Waals surface area (Å²) in [4.78, 5) is 0. The molecule has 0 spiro atoms. The Morgan fingerprint density at radius 1 is 1.12 bits per heavy atom. The molecule has 2 unspecified atom stereocenters. The van der Waals surface area contributed by atoms with Crippen LogP contribution in [0.1, 0.15) is 31.7 Å². The Bertz CT molecular complexity index is 790. The van der Waals surface area contributed by atoms with Crippen LogP contribution < -0.4 is 4.18 Å². The van der Waals surface area contributed by atoms with E-state index in [9.17, 15) is 39.0 Å². The van der Waals surface area contributed by atoms with Gasteiger partial charge in [0.2, 0.25) is 0 Å². The van der Waals surface area contributed by atoms with E-state index in [2.05, 4.69) is 4.18 Å². The molecule has 0 amide bonds. The Balaban J connectivity index is 3.25. The monoisotopic (exact) mass is 407 g/mol. The van der Waals surface area contributed by atoms with Gasteiger partial charge in [0.15, 0.2) is 0 Å². The van der Waals surface area contributed by atoms with Crippen LogP contribution in [0.4, 0.5) is 17.6 Å². The van der Waals surface area contributed by atoms with Crippen molar-refractivity contribution in [3.8, 4) is 5.75 Å². The van der Waals surface area contributed by atoms with Crippen LogP contribution >= 0.6 is 0 Å². The van der Waals surface area contributed by atoms with E-state index >= 15 is 0 Å². The first-order valence-electron chi connectivity index (χ1n) is 6.87. The molecule has 25 heavy (non-hydrogen) atoms. The third-order valence-corrected chi connectivity index (χ3v) is 6.92. The third-order valence-electron chi connectivity index (χ3n) is 3.40. The molecule has 1 rings (SSSR count). The molecule has 0 heterocycles. The smallest absolute Gasteiger partial charge is 0.340 e. The summed E-state index contributed by atoms with van der Waals surface area (Å²) in [5, 5.41) is 0. The molecule has 6 nitrogen and oxygen atoms in total. The van der Waals surface area contributed by atoms with Crippen molar-refractivity contribution in [2.75, 3.05) is 0 Å². The van der Waals surface area contributed by atoms with Gasteiger partial charge < -0.3 is 8.74 Å². The molecule has 1 aromatic carbocycles. The fourth-order valence-corrected chi connectivity index (χ4v) is 4.61. The lowest BCUT2D eigenvalue weighted by Gasteiger charge is -2.27. The van der Waals surface area contributed by atoms with Crippen molar-refractivity contribution in [2.45, 2.75) is 43.1 Å². The summed E-state index contributed by atoms with van der Waals surface area (Å²) in [7, 11) is -12.3. The first kappa shape index (κ1) is 21.6. The Morgan fingerprint density at radius 3 is 1.96 bits per heavy atom. The number of halogens is 4. The average molecular weight is 407 g/mol. The predicted molar refractivity (Wildman–Crippen MR) is 79.1 cm³/mol. The van der Waals surface area contributed by atoms with Gasteiger partial charge in [-0.1, -0.05) is 26.0 Å². The van der Waals surface area contributed by atoms with Gasteiger partial charge in [0, 0.05) is 0 Å². The van der Waals surface area contributed by atoms with Gasteiger partial charge >= 0.3 is 22.5 Å². The van der Waals surface area contributed by atoms with Crippen LogP contribution in [0.3, 0.4) is 0 Å². The van der Waals surface area contributed by atoms with E-state index in [1.165, 1.54) is 12.1 Å². The van der Waals surface area contributed by atoms with E-state index in [4.69, 9.17) is 0 Å². The fraction of sp³-hybridized carbons (Fsp3) is 0.538. The summed E-state index contributed by atoms with van der Waals surface area (Å²) in [5.41, 5.74) is 0.748. The topological polar surface area (TPSA) is 101 Å². The summed E-state index contributed by atoms with van der Waals surface area (Å²) in [6.45, 7) is 3.74. The van der Waals surface area contributed by atoms with Crippen molar-refractivity contribution in [1.82, 2.24) is 0 Å². The van der Waals surface area contributed by atoms with Crippen molar-refractivity contribution >= 4 is 20.2 Å². The molecule has 0 bridgehead atoms. The van der Waals surface area contributed by atoms with Crippen molar-refractivity contribution in [2.24, 2.45) is 0 Å². The maximum Gasteiger partial charge on any atom is 0.340 e. The van der Waals surface area contributed by atoms with Crippen LogP contribution in [0.2, 0.25) is 0 Å². The fourth-order valence-electron chi connectivity index (χ4n) is 1.90. The lowest BCUT2D eigenvalue weighted by molar-refractivity contribution is -0.119. The Hall–Kier alpha value is -1.40. The number of benzene rings is 1. The maximum absolute atomic E-state index is 13.3. The SMILES string of the molecule is CCC(C)c1ccc(OS(=O)(=O)C(C(F)(F)C(F)F)S(=O)(=O)[O-])cc1. The molecule has 0 N–H and O–H groups in total. The summed E-state index contributed by atoms with van der Waals surface area (Å²) in [5.74, 6) is -6.15. The minimum absolute atomic E-state index is 0.0867. The molecule has 0 fully saturated rings. The third kappa shape index (κ3) is 5.05. The zero-order valence-electron chi connectivity index (χ0n) is 13.0. The van der Waals surface area contributed by atoms with Gasteiger partial charge in [-0.15, -0.1) is 0 Å². The van der Waals surface area contributed by atoms with Gasteiger partial charge in [-0.05, 0) is 30.0 Å². The molecule has 0 aliphatic heterocycles. The molecular weight excluding hydrogens is 392 g/mol. The normalized spacial score (nSPS) is 15.8. The average Bonchev–Trinajstić information content (AvgIpc) is 2.44. The second-order valence-corrected chi connectivity index (χ2v) is 8.63. The van der Waals surface area contributed by atoms with Crippen LogP contribution in [0, 0.1) is 0 Å². The van der Waals surface area contributed by atoms with Gasteiger partial charge in [0.1, 0.15) is 15.9 Å². The summed E-state index contributed by atoms with van der Waals surface area (Å²) in [6.07, 6.45) is -3.96. The van der Waals surface area contributed by atoms with Crippen molar-refractivity contribution < 1.29 is 43.1 Å². The van der Waals surface area contributed by atoms with E-state index in [1.807, 2.05) is 13.8 Å². The largest absolute Gasteiger partial charge is 0.747 e. The molecule has 12 heteroatoms. The van der Waals surface area contributed by atoms with Gasteiger partial charge in [-0.2, -0.15) is 17.2 Å². The molecule has 0 aliphatic rings. The maximum atomic E-state index is 13.3. The highest BCUT2D eigenvalue weighted by Crippen LogP contribution is 2.35. The van der Waals surface area contributed by atoms with Gasteiger partial charge in [-0.25, -0.2) is 17.2 Å². The molecule has 0 saturated heterocycles. The molecule has 0 saturated carbocycles. The molecule has 1 aromatic rings. The van der Waals surface area contributed by atoms with Crippen LogP contribution in [-0.4, -0.2) is 38.3 Å². The van der Waals surface area contributed by atoms with Crippen molar-refractivity contribution in [1.29, 1.82) is 0 Å². The Kier molecular flexibility index (Phi) is 6.46. The van der Waals surface area contributed by atoms with Gasteiger partial charge in [-0.3, -0.25) is 0 Å². The number of hydrogen-bond acceptors (Lipinski definition) is 6. The predicted octanol–water partition coefficient (Wildman–Crippen LogP) is 2.68. The zero-order chi connectivity index (χ0) is 19.6. The molecule has 0 aliphatic carbocycles. The second kappa shape index (κ2) is 7.46. The molecule has 0 radical (unpaired) electrons. The van der Waals surface area contributed by atoms with Crippen LogP contribution in [0.15, 0.2) is 24.3 Å². The lowest BCUT2D eigenvalue weighted by atomic mass is 9.99. The number of alkyl halides is 4. The Labute approximate surface area is 142 Å². The number of rotatable bonds is 8. The standard InChI is InChI=1S/C13H16F4O6S2/c1-3-8(2)9-4-6-10(7-5-9)23-25(21,22)12(24(18,19)20)13(16,17)11(14)15/h4-8,11-12H,3H2,1-2H3,(H,18,19,20)/p-1. The van der Waals surface area contributed by atoms with Gasteiger partial charge in [0.05, 0.1) is 0 Å². The second-order valence-electron chi connectivity index (χ2n) is 5.25. The van der Waals surface area contributed by atoms with Crippen LogP contribution in [-0.2, 0) is 20.2 Å². The van der Waals surface area contributed by atoms with E-state index in [0.717, 1.165) is 24.1 Å². The molecule has 144 valence electrons. The minimum atomic E-state index is -6.36. The highest BCUT2D eigenvalue weighted by atomic mass is 32.3. The summed E-state index contributed by atoms with van der Waals surface area (Å²) < 4.78 is 107. The summed E-state index contributed by atoms with van der Waals surface area (Å²) in [6, 6.07) is 4.86. The van der Waals surface area contributed by atoms with E-state index in [0.29, 0.717) is 0 Å². The lowest BCUT2D eigenvalue weighted by Crippen LogP contribution is -2.51. The molecular formula is C13H15F4O6S2-. The minimum Gasteiger partial charge on any atom is -0.747 e.